The van der Waals surface area contributed by atoms with Crippen molar-refractivity contribution >= 4 is 35.5 Å². The Hall–Kier alpha value is -2.15. The number of thioether (sulfide) groups is 1. The van der Waals surface area contributed by atoms with Crippen LogP contribution in [0.1, 0.15) is 40.0 Å². The number of β-lactam (4-membered cyclic amide) rings is 1. The number of piperidine rings is 1. The molecule has 3 saturated heterocycles. The number of nitrogens with two attached hydrogens (primary N) is 1. The molecule has 6 N–H and O–H groups in total. The first-order valence-electron chi connectivity index (χ1n) is 12.7. The second-order valence-corrected chi connectivity index (χ2v) is 12.2. The van der Waals surface area contributed by atoms with Crippen LogP contribution in [0.15, 0.2) is 10.6 Å². The van der Waals surface area contributed by atoms with Crippen LogP contribution in [0.4, 0.5) is 0 Å². The van der Waals surface area contributed by atoms with Gasteiger partial charge in [0.15, 0.2) is 0 Å². The summed E-state index contributed by atoms with van der Waals surface area (Å²) in [6.07, 6.45) is 2.15. The SMILES string of the molecule is CNCC(=O)N[C@H](C)[C@H]1C(=O)N2C(C(=O)O)=C(S[C@@H]3CNC(C(=O)N4CCC(C)(N)CC4)C3)[C@H](C)[C@H]12. The Morgan fingerprint density at radius 3 is 2.58 bits per heavy atom. The number of carboxylic acids is 1. The number of amides is 3. The third-order valence-electron chi connectivity index (χ3n) is 7.96. The molecule has 6 atom stereocenters. The van der Waals surface area contributed by atoms with E-state index in [4.69, 9.17) is 5.73 Å². The van der Waals surface area contributed by atoms with Gasteiger partial charge in [0.1, 0.15) is 5.70 Å². The van der Waals surface area contributed by atoms with Gasteiger partial charge in [-0.25, -0.2) is 4.79 Å². The normalized spacial score (nSPS) is 32.2. The summed E-state index contributed by atoms with van der Waals surface area (Å²) in [6, 6.07) is -1.01. The zero-order chi connectivity index (χ0) is 26.4. The fourth-order valence-electron chi connectivity index (χ4n) is 5.87. The van der Waals surface area contributed by atoms with E-state index in [1.807, 2.05) is 18.7 Å². The van der Waals surface area contributed by atoms with Crippen LogP contribution in [-0.2, 0) is 19.2 Å². The molecule has 0 bridgehead atoms. The van der Waals surface area contributed by atoms with Gasteiger partial charge < -0.3 is 36.6 Å². The zero-order valence-corrected chi connectivity index (χ0v) is 22.2. The predicted octanol–water partition coefficient (Wildman–Crippen LogP) is -0.713. The molecule has 3 amide bonds. The molecule has 4 rings (SSSR count). The predicted molar refractivity (Wildman–Crippen MR) is 136 cm³/mol. The van der Waals surface area contributed by atoms with Gasteiger partial charge in [-0.1, -0.05) is 6.92 Å². The van der Waals surface area contributed by atoms with Crippen LogP contribution in [-0.4, -0.2) is 101 Å². The molecule has 4 heterocycles. The molecule has 0 aliphatic carbocycles. The molecule has 0 radical (unpaired) electrons. The first kappa shape index (κ1) is 26.9. The summed E-state index contributed by atoms with van der Waals surface area (Å²) in [7, 11) is 1.67. The topological polar surface area (TPSA) is 157 Å². The zero-order valence-electron chi connectivity index (χ0n) is 21.4. The summed E-state index contributed by atoms with van der Waals surface area (Å²) in [4.78, 5) is 54.2. The second kappa shape index (κ2) is 10.3. The van der Waals surface area contributed by atoms with Crippen molar-refractivity contribution in [3.05, 3.63) is 10.6 Å². The molecule has 36 heavy (non-hydrogen) atoms. The van der Waals surface area contributed by atoms with Crippen LogP contribution in [0, 0.1) is 11.8 Å². The number of aliphatic carboxylic acids is 1. The Balaban J connectivity index is 1.41. The molecule has 4 aliphatic heterocycles. The summed E-state index contributed by atoms with van der Waals surface area (Å²) < 4.78 is 0. The number of likely N-dealkylation sites (tertiary alicyclic amines) is 1. The molecule has 0 aromatic carbocycles. The van der Waals surface area contributed by atoms with Crippen LogP contribution >= 0.6 is 11.8 Å². The van der Waals surface area contributed by atoms with Crippen LogP contribution < -0.4 is 21.7 Å². The number of nitrogens with zero attached hydrogens (tertiary/aromatic N) is 2. The minimum atomic E-state index is -1.12. The van der Waals surface area contributed by atoms with E-state index in [0.29, 0.717) is 31.0 Å². The molecule has 12 heteroatoms. The van der Waals surface area contributed by atoms with Crippen molar-refractivity contribution in [3.63, 3.8) is 0 Å². The van der Waals surface area contributed by atoms with Crippen molar-refractivity contribution in [1.29, 1.82) is 0 Å². The largest absolute Gasteiger partial charge is 0.477 e. The maximum Gasteiger partial charge on any atom is 0.353 e. The van der Waals surface area contributed by atoms with E-state index >= 15 is 0 Å². The molecular weight excluding hydrogens is 484 g/mol. The molecule has 0 aromatic rings. The number of rotatable bonds is 8. The van der Waals surface area contributed by atoms with Crippen molar-refractivity contribution < 1.29 is 24.3 Å². The molecule has 0 aromatic heterocycles. The molecule has 1 unspecified atom stereocenters. The average molecular weight is 523 g/mol. The molecule has 0 spiro atoms. The number of carboxylic acid groups (broad SMARTS) is 1. The standard InChI is InChI=1S/C24H38N6O5S/c1-12-18-17(13(2)28-16(31)11-26-4)22(33)30(18)19(23(34)35)20(12)36-14-9-15(27-10-14)21(32)29-7-5-24(3,25)6-8-29/h12-15,17-18,26-27H,5-11,25H2,1-4H3,(H,28,31)(H,34,35)/t12-,13-,14+,15?,17-,18-/m1/s1. The smallest absolute Gasteiger partial charge is 0.353 e. The van der Waals surface area contributed by atoms with E-state index in [1.54, 1.807) is 14.0 Å². The molecule has 3 fully saturated rings. The summed E-state index contributed by atoms with van der Waals surface area (Å²) in [6.45, 7) is 7.78. The van der Waals surface area contributed by atoms with Crippen LogP contribution in [0.5, 0.6) is 0 Å². The third-order valence-corrected chi connectivity index (χ3v) is 9.47. The minimum Gasteiger partial charge on any atom is -0.477 e. The Bertz CT molecular complexity index is 961. The Kier molecular flexibility index (Phi) is 7.70. The average Bonchev–Trinajstić information content (AvgIpc) is 3.35. The van der Waals surface area contributed by atoms with E-state index in [1.165, 1.54) is 16.7 Å². The lowest BCUT2D eigenvalue weighted by Gasteiger charge is -2.47. The number of hydrogen-bond acceptors (Lipinski definition) is 8. The van der Waals surface area contributed by atoms with Gasteiger partial charge in [-0.05, 0) is 40.2 Å². The van der Waals surface area contributed by atoms with Gasteiger partial charge in [0.05, 0.1) is 24.5 Å². The van der Waals surface area contributed by atoms with Crippen LogP contribution in [0.2, 0.25) is 0 Å². The summed E-state index contributed by atoms with van der Waals surface area (Å²) in [5, 5.41) is 19.0. The van der Waals surface area contributed by atoms with Crippen LogP contribution in [0.25, 0.3) is 0 Å². The molecule has 200 valence electrons. The highest BCUT2D eigenvalue weighted by molar-refractivity contribution is 8.03. The first-order chi connectivity index (χ1) is 16.9. The number of carbonyl (C=O) groups excluding carboxylic acids is 3. The number of fused-ring (bicyclic) bond motifs is 1. The molecule has 4 aliphatic rings. The van der Waals surface area contributed by atoms with Crippen molar-refractivity contribution in [1.82, 2.24) is 25.8 Å². The van der Waals surface area contributed by atoms with Crippen molar-refractivity contribution in [2.24, 2.45) is 17.6 Å². The quantitative estimate of drug-likeness (QED) is 0.260. The summed E-state index contributed by atoms with van der Waals surface area (Å²) in [5.74, 6) is -2.18. The van der Waals surface area contributed by atoms with Crippen molar-refractivity contribution in [2.75, 3.05) is 33.2 Å². The number of likely N-dealkylation sites (N-methyl/N-ethyl adjacent to an activating group) is 1. The minimum absolute atomic E-state index is 0.0234. The van der Waals surface area contributed by atoms with Gasteiger partial charge >= 0.3 is 5.97 Å². The maximum atomic E-state index is 13.1. The van der Waals surface area contributed by atoms with E-state index in [9.17, 15) is 24.3 Å². The second-order valence-electron chi connectivity index (χ2n) is 10.8. The van der Waals surface area contributed by atoms with Gasteiger partial charge in [0.25, 0.3) is 0 Å². The first-order valence-corrected chi connectivity index (χ1v) is 13.6. The monoisotopic (exact) mass is 522 g/mol. The van der Waals surface area contributed by atoms with E-state index in [2.05, 4.69) is 16.0 Å². The Morgan fingerprint density at radius 1 is 1.31 bits per heavy atom. The lowest BCUT2D eigenvalue weighted by molar-refractivity contribution is -0.158. The van der Waals surface area contributed by atoms with Crippen LogP contribution in [0.3, 0.4) is 0 Å². The van der Waals surface area contributed by atoms with Gasteiger partial charge in [-0.3, -0.25) is 14.4 Å². The highest BCUT2D eigenvalue weighted by atomic mass is 32.2. The Labute approximate surface area is 215 Å². The van der Waals surface area contributed by atoms with E-state index in [-0.39, 0.29) is 58.8 Å². The van der Waals surface area contributed by atoms with E-state index in [0.717, 1.165) is 12.8 Å². The maximum absolute atomic E-state index is 13.1. The van der Waals surface area contributed by atoms with Gasteiger partial charge in [-0.15, -0.1) is 11.8 Å². The van der Waals surface area contributed by atoms with Crippen molar-refractivity contribution in [2.45, 2.75) is 68.9 Å². The fraction of sp³-hybridized carbons (Fsp3) is 0.750. The summed E-state index contributed by atoms with van der Waals surface area (Å²) in [5.41, 5.74) is 6.01. The van der Waals surface area contributed by atoms with E-state index < -0.39 is 17.9 Å². The number of carbonyl (C=O) groups is 4. The summed E-state index contributed by atoms with van der Waals surface area (Å²) >= 11 is 1.47. The van der Waals surface area contributed by atoms with Gasteiger partial charge in [0, 0.05) is 47.3 Å². The lowest BCUT2D eigenvalue weighted by atomic mass is 9.78. The number of nitrogens with one attached hydrogen (secondary N) is 3. The lowest BCUT2D eigenvalue weighted by Crippen LogP contribution is -2.66. The van der Waals surface area contributed by atoms with Gasteiger partial charge in [0.2, 0.25) is 17.7 Å². The molecule has 0 saturated carbocycles. The number of hydrogen-bond donors (Lipinski definition) is 5. The third kappa shape index (κ3) is 5.00. The van der Waals surface area contributed by atoms with Gasteiger partial charge in [-0.2, -0.15) is 0 Å². The fourth-order valence-corrected chi connectivity index (χ4v) is 7.35. The molecular formula is C24H38N6O5S. The molecule has 11 nitrogen and oxygen atoms in total. The van der Waals surface area contributed by atoms with Crippen molar-refractivity contribution in [3.8, 4) is 0 Å². The highest BCUT2D eigenvalue weighted by Crippen LogP contribution is 2.51. The highest BCUT2D eigenvalue weighted by Gasteiger charge is 2.60. The Morgan fingerprint density at radius 2 is 1.97 bits per heavy atom.